The maximum Gasteiger partial charge on any atom is 0.145 e. The first-order valence-corrected chi connectivity index (χ1v) is 24.7. The minimum Gasteiger partial charge on any atom is -0.360 e. The molecule has 3 nitrogen and oxygen atoms in total. The third-order valence-corrected chi connectivity index (χ3v) is 15.7. The van der Waals surface area contributed by atoms with Crippen LogP contribution < -0.4 is 5.32 Å². The first kappa shape index (κ1) is 41.2. The number of fused-ring (bicyclic) bond motifs is 18. The van der Waals surface area contributed by atoms with E-state index in [1.807, 2.05) is 24.3 Å². The molecule has 1 aromatic heterocycles. The molecule has 1 N–H and O–H groups in total. The molecule has 0 aliphatic heterocycles. The van der Waals surface area contributed by atoms with Gasteiger partial charge in [0.15, 0.2) is 0 Å². The Hall–Kier alpha value is -8.79. The Morgan fingerprint density at radius 3 is 1.42 bits per heavy atom. The molecular weight excluding hydrogens is 859 g/mol. The van der Waals surface area contributed by atoms with E-state index in [2.05, 4.69) is 231 Å². The second kappa shape index (κ2) is 15.6. The van der Waals surface area contributed by atoms with E-state index in [0.717, 1.165) is 33.8 Å². The molecule has 0 amide bonds. The zero-order chi connectivity index (χ0) is 47.5. The van der Waals surface area contributed by atoms with Crippen molar-refractivity contribution in [2.45, 2.75) is 32.4 Å². The topological polar surface area (TPSA) is 29.3 Å². The molecule has 1 heterocycles. The lowest BCUT2D eigenvalue weighted by atomic mass is 9.81. The number of hydrogen-bond acceptors (Lipinski definition) is 2. The Labute approximate surface area is 412 Å². The fourth-order valence-electron chi connectivity index (χ4n) is 12.2. The molecule has 1 aliphatic rings. The van der Waals surface area contributed by atoms with E-state index in [-0.39, 0.29) is 11.6 Å². The minimum atomic E-state index is -0.339. The Kier molecular flexibility index (Phi) is 9.06. The molecule has 0 bridgehead atoms. The van der Waals surface area contributed by atoms with Crippen LogP contribution >= 0.6 is 0 Å². The molecule has 0 fully saturated rings. The predicted molar refractivity (Wildman–Crippen MR) is 303 cm³/mol. The normalized spacial score (nSPS) is 13.8. The molecule has 1 unspecified atom stereocenters. The van der Waals surface area contributed by atoms with Crippen molar-refractivity contribution in [2.75, 3.05) is 0 Å². The summed E-state index contributed by atoms with van der Waals surface area (Å²) in [6.07, 6.45) is -0.339. The monoisotopic (exact) mass is 907 g/mol. The number of aliphatic imine (C=N–C) groups is 1. The number of nitrogens with zero attached hydrogens (tertiary/aromatic N) is 2. The van der Waals surface area contributed by atoms with Crippen molar-refractivity contribution in [2.24, 2.45) is 4.99 Å². The van der Waals surface area contributed by atoms with Gasteiger partial charge in [-0.05, 0) is 159 Å². The molecule has 0 radical (unpaired) electrons. The summed E-state index contributed by atoms with van der Waals surface area (Å²) in [6, 6.07) is 80.4. The highest BCUT2D eigenvalue weighted by molar-refractivity contribution is 6.30. The van der Waals surface area contributed by atoms with Gasteiger partial charge in [-0.15, -0.1) is 0 Å². The van der Waals surface area contributed by atoms with E-state index < -0.39 is 0 Å². The molecule has 0 saturated carbocycles. The minimum absolute atomic E-state index is 0.257. The first-order valence-electron chi connectivity index (χ1n) is 24.7. The lowest BCUT2D eigenvalue weighted by Crippen LogP contribution is -2.19. The van der Waals surface area contributed by atoms with Crippen molar-refractivity contribution in [1.29, 1.82) is 0 Å². The largest absolute Gasteiger partial charge is 0.360 e. The van der Waals surface area contributed by atoms with Gasteiger partial charge >= 0.3 is 0 Å². The lowest BCUT2D eigenvalue weighted by molar-refractivity contribution is 0.662. The van der Waals surface area contributed by atoms with Gasteiger partial charge in [-0.2, -0.15) is 0 Å². The number of aromatic nitrogens is 1. The van der Waals surface area contributed by atoms with Crippen molar-refractivity contribution in [1.82, 2.24) is 9.88 Å². The van der Waals surface area contributed by atoms with Crippen LogP contribution in [0.2, 0.25) is 0 Å². The van der Waals surface area contributed by atoms with Crippen LogP contribution in [0.4, 0.5) is 0 Å². The van der Waals surface area contributed by atoms with Gasteiger partial charge in [0, 0.05) is 33.3 Å². The highest BCUT2D eigenvalue weighted by Gasteiger charge is 2.37. The predicted octanol–water partition coefficient (Wildman–Crippen LogP) is 17.8. The summed E-state index contributed by atoms with van der Waals surface area (Å²) in [7, 11) is 0. The van der Waals surface area contributed by atoms with Crippen LogP contribution in [0.25, 0.3) is 109 Å². The van der Waals surface area contributed by atoms with Gasteiger partial charge < -0.3 is 9.88 Å². The standard InChI is InChI=1S/C68H49N3/c1-41(43-20-7-5-8-21-43)69-67(44-22-9-6-10-23-44)70-42(2)45-24-19-25-46(34-45)71-65-39-58-54-33-18-14-29-50(54)48-27-12-16-31-52(48)56(58)36-61(65)62-37-60-59-35-55-51-30-15-11-26-47(51)49-28-13-17-32-53(49)57(55)38-63(59)68(3,4)64(60)40-66(62)71/h5-40,67,69H,1H2,2-4H3. The van der Waals surface area contributed by atoms with E-state index in [1.54, 1.807) is 0 Å². The Morgan fingerprint density at radius 1 is 0.423 bits per heavy atom. The number of rotatable bonds is 7. The molecule has 71 heavy (non-hydrogen) atoms. The van der Waals surface area contributed by atoms with E-state index in [1.165, 1.54) is 109 Å². The quantitative estimate of drug-likeness (QED) is 0.125. The maximum atomic E-state index is 5.42. The molecule has 12 aromatic carbocycles. The Morgan fingerprint density at radius 2 is 0.845 bits per heavy atom. The molecule has 3 heteroatoms. The molecule has 1 aliphatic carbocycles. The molecule has 13 aromatic rings. The highest BCUT2D eigenvalue weighted by Crippen LogP contribution is 2.54. The van der Waals surface area contributed by atoms with Gasteiger partial charge in [0.1, 0.15) is 6.17 Å². The fourth-order valence-corrected chi connectivity index (χ4v) is 12.2. The molecular formula is C68H49N3. The third kappa shape index (κ3) is 6.26. The maximum absolute atomic E-state index is 5.42. The molecule has 0 saturated heterocycles. The van der Waals surface area contributed by atoms with Gasteiger partial charge in [0.05, 0.1) is 11.0 Å². The van der Waals surface area contributed by atoms with E-state index >= 15 is 0 Å². The van der Waals surface area contributed by atoms with Crippen LogP contribution in [0.5, 0.6) is 0 Å². The van der Waals surface area contributed by atoms with Crippen molar-refractivity contribution in [3.8, 4) is 16.8 Å². The van der Waals surface area contributed by atoms with Crippen molar-refractivity contribution in [3.63, 3.8) is 0 Å². The summed E-state index contributed by atoms with van der Waals surface area (Å²) in [5.41, 5.74) is 13.5. The van der Waals surface area contributed by atoms with Crippen LogP contribution in [-0.2, 0) is 5.41 Å². The summed E-state index contributed by atoms with van der Waals surface area (Å²) >= 11 is 0. The van der Waals surface area contributed by atoms with Gasteiger partial charge in [0.25, 0.3) is 0 Å². The van der Waals surface area contributed by atoms with Gasteiger partial charge in [-0.25, -0.2) is 0 Å². The third-order valence-electron chi connectivity index (χ3n) is 15.7. The molecule has 1 atom stereocenters. The van der Waals surface area contributed by atoms with E-state index in [4.69, 9.17) is 4.99 Å². The van der Waals surface area contributed by atoms with E-state index in [0.29, 0.717) is 0 Å². The SMILES string of the molecule is C=C(NC(N=C(C)c1cccc(-n2c3cc4c(cc3c3cc5c6ccccc6c6ccccc6c5cc32)-c2cc3c5ccccc5c5ccccc5c3cc2C4(C)C)c1)c1ccccc1)c1ccccc1. The first-order chi connectivity index (χ1) is 34.8. The summed E-state index contributed by atoms with van der Waals surface area (Å²) in [6.45, 7) is 11.4. The zero-order valence-electron chi connectivity index (χ0n) is 40.0. The average Bonchev–Trinajstić information content (AvgIpc) is 3.86. The van der Waals surface area contributed by atoms with Crippen LogP contribution in [-0.4, -0.2) is 10.3 Å². The molecule has 0 spiro atoms. The van der Waals surface area contributed by atoms with Crippen LogP contribution in [0.1, 0.15) is 54.8 Å². The second-order valence-electron chi connectivity index (χ2n) is 20.0. The molecule has 336 valence electrons. The van der Waals surface area contributed by atoms with E-state index in [9.17, 15) is 0 Å². The number of hydrogen-bond donors (Lipinski definition) is 1. The van der Waals surface area contributed by atoms with Crippen molar-refractivity contribution >= 4 is 97.8 Å². The molecule has 14 rings (SSSR count). The average molecular weight is 908 g/mol. The van der Waals surface area contributed by atoms with Gasteiger partial charge in [-0.1, -0.05) is 190 Å². The smallest absolute Gasteiger partial charge is 0.145 e. The van der Waals surface area contributed by atoms with Crippen LogP contribution in [0.15, 0.2) is 230 Å². The summed E-state index contributed by atoms with van der Waals surface area (Å²) in [5, 5.41) is 21.6. The summed E-state index contributed by atoms with van der Waals surface area (Å²) < 4.78 is 2.52. The van der Waals surface area contributed by atoms with Crippen molar-refractivity contribution < 1.29 is 0 Å². The van der Waals surface area contributed by atoms with Crippen molar-refractivity contribution in [3.05, 3.63) is 253 Å². The summed E-state index contributed by atoms with van der Waals surface area (Å²) in [4.78, 5) is 5.42. The fraction of sp³-hybridized carbons (Fsp3) is 0.0735. The number of nitrogens with one attached hydrogen (secondary N) is 1. The van der Waals surface area contributed by atoms with Crippen LogP contribution in [0.3, 0.4) is 0 Å². The Bertz CT molecular complexity index is 4420. The summed E-state index contributed by atoms with van der Waals surface area (Å²) in [5.74, 6) is 0. The lowest BCUT2D eigenvalue weighted by Gasteiger charge is -2.23. The Balaban J connectivity index is 1.02. The van der Waals surface area contributed by atoms with Crippen LogP contribution in [0, 0.1) is 0 Å². The highest BCUT2D eigenvalue weighted by atomic mass is 15.1. The van der Waals surface area contributed by atoms with Gasteiger partial charge in [-0.3, -0.25) is 4.99 Å². The second-order valence-corrected chi connectivity index (χ2v) is 20.0. The number of benzene rings is 12. The zero-order valence-corrected chi connectivity index (χ0v) is 40.0. The van der Waals surface area contributed by atoms with Gasteiger partial charge in [0.2, 0.25) is 0 Å².